The number of hydrogen-bond donors (Lipinski definition) is 6. The first kappa shape index (κ1) is 27.5. The largest absolute Gasteiger partial charge is 0.394 e. The van der Waals surface area contributed by atoms with Gasteiger partial charge in [0.2, 0.25) is 0 Å². The van der Waals surface area contributed by atoms with E-state index < -0.39 is 78.0 Å². The second-order valence-corrected chi connectivity index (χ2v) is 11.3. The third-order valence-electron chi connectivity index (χ3n) is 8.68. The lowest BCUT2D eigenvalue weighted by Gasteiger charge is -2.52. The third-order valence-corrected chi connectivity index (χ3v) is 8.68. The van der Waals surface area contributed by atoms with Gasteiger partial charge in [0.05, 0.1) is 18.8 Å². The maximum absolute atomic E-state index is 13.2. The molecule has 202 valence electrons. The zero-order valence-electron chi connectivity index (χ0n) is 21.1. The van der Waals surface area contributed by atoms with E-state index >= 15 is 0 Å². The summed E-state index contributed by atoms with van der Waals surface area (Å²) in [5, 5.41) is 63.8. The van der Waals surface area contributed by atoms with Gasteiger partial charge in [-0.05, 0) is 29.9 Å². The van der Waals surface area contributed by atoms with Gasteiger partial charge in [-0.25, -0.2) is 0 Å². The monoisotopic (exact) mass is 510 g/mol. The molecule has 1 saturated heterocycles. The van der Waals surface area contributed by atoms with E-state index in [9.17, 15) is 40.2 Å². The van der Waals surface area contributed by atoms with E-state index in [4.69, 9.17) is 9.47 Å². The molecule has 0 amide bonds. The number of ketones is 2. The zero-order valence-corrected chi connectivity index (χ0v) is 21.1. The minimum atomic E-state index is -1.94. The molecule has 36 heavy (non-hydrogen) atoms. The summed E-state index contributed by atoms with van der Waals surface area (Å²) in [6.07, 6.45) is -4.01. The maximum Gasteiger partial charge on any atom is 0.190 e. The van der Waals surface area contributed by atoms with Crippen LogP contribution < -0.4 is 0 Å². The van der Waals surface area contributed by atoms with Crippen molar-refractivity contribution in [1.82, 2.24) is 0 Å². The Morgan fingerprint density at radius 2 is 1.78 bits per heavy atom. The van der Waals surface area contributed by atoms with E-state index in [2.05, 4.69) is 0 Å². The fraction of sp³-hybridized carbons (Fsp3) is 0.769. The van der Waals surface area contributed by atoms with Crippen LogP contribution in [0.15, 0.2) is 23.3 Å². The molecule has 6 N–H and O–H groups in total. The molecule has 0 spiro atoms. The molecule has 10 nitrogen and oxygen atoms in total. The number of hydrogen-bond acceptors (Lipinski definition) is 10. The Kier molecular flexibility index (Phi) is 7.39. The summed E-state index contributed by atoms with van der Waals surface area (Å²) >= 11 is 0. The molecule has 0 aromatic rings. The predicted octanol–water partition coefficient (Wildman–Crippen LogP) is -0.762. The molecule has 1 aliphatic heterocycles. The Morgan fingerprint density at radius 1 is 1.11 bits per heavy atom. The second-order valence-electron chi connectivity index (χ2n) is 11.3. The second kappa shape index (κ2) is 9.67. The normalized spacial score (nSPS) is 47.2. The van der Waals surface area contributed by atoms with Crippen molar-refractivity contribution in [1.29, 1.82) is 0 Å². The molecule has 4 rings (SSSR count). The first-order valence-electron chi connectivity index (χ1n) is 12.6. The van der Waals surface area contributed by atoms with Gasteiger partial charge in [0.25, 0.3) is 0 Å². The SMILES string of the molecule is CC1=CC2C(O)(CC(COC3OC(CO)C(O)C(O)C3O)=CC3C(C(C)C)C(=O)CC(C)C32O)C1=O. The van der Waals surface area contributed by atoms with Crippen molar-refractivity contribution in [2.75, 3.05) is 13.2 Å². The maximum atomic E-state index is 13.2. The Bertz CT molecular complexity index is 956. The van der Waals surface area contributed by atoms with Crippen molar-refractivity contribution >= 4 is 11.6 Å². The Hall–Kier alpha value is -1.50. The van der Waals surface area contributed by atoms with Crippen LogP contribution in [-0.2, 0) is 19.1 Å². The highest BCUT2D eigenvalue weighted by Gasteiger charge is 2.65. The van der Waals surface area contributed by atoms with E-state index in [1.54, 1.807) is 26.0 Å². The smallest absolute Gasteiger partial charge is 0.190 e. The third kappa shape index (κ3) is 4.12. The standard InChI is InChI=1S/C26H38O10/c1-11(2)19-15-7-14(10-35-24-22(31)21(30)20(29)17(9-27)36-24)8-25(33)18(5-12(3)23(25)32)26(15,34)13(4)6-16(19)28/h5,7,11,13,15,17-22,24,27,29-31,33-34H,6,8-10H2,1-4H3. The number of carbonyl (C=O) groups excluding carboxylic acids is 2. The molecule has 1 saturated carbocycles. The lowest BCUT2D eigenvalue weighted by atomic mass is 9.55. The zero-order chi connectivity index (χ0) is 26.7. The van der Waals surface area contributed by atoms with Crippen molar-refractivity contribution in [2.45, 2.75) is 82.4 Å². The highest BCUT2D eigenvalue weighted by Crippen LogP contribution is 2.56. The highest BCUT2D eigenvalue weighted by molar-refractivity contribution is 6.05. The van der Waals surface area contributed by atoms with Crippen molar-refractivity contribution in [3.8, 4) is 0 Å². The summed E-state index contributed by atoms with van der Waals surface area (Å²) in [6.45, 7) is 6.30. The predicted molar refractivity (Wildman–Crippen MR) is 125 cm³/mol. The minimum absolute atomic E-state index is 0.00749. The first-order valence-corrected chi connectivity index (χ1v) is 12.6. The number of Topliss-reactive ketones (excluding diaryl/α,β-unsaturated/α-hetero) is 2. The van der Waals surface area contributed by atoms with Crippen molar-refractivity contribution in [3.05, 3.63) is 23.3 Å². The van der Waals surface area contributed by atoms with Gasteiger partial charge in [-0.3, -0.25) is 9.59 Å². The summed E-state index contributed by atoms with van der Waals surface area (Å²) in [5.41, 5.74) is -2.72. The van der Waals surface area contributed by atoms with E-state index in [1.807, 2.05) is 13.8 Å². The van der Waals surface area contributed by atoms with Crippen LogP contribution in [0.1, 0.15) is 40.5 Å². The van der Waals surface area contributed by atoms with Gasteiger partial charge in [-0.2, -0.15) is 0 Å². The summed E-state index contributed by atoms with van der Waals surface area (Å²) in [7, 11) is 0. The topological polar surface area (TPSA) is 174 Å². The summed E-state index contributed by atoms with van der Waals surface area (Å²) < 4.78 is 11.2. The number of fused-ring (bicyclic) bond motifs is 3. The van der Waals surface area contributed by atoms with E-state index in [1.165, 1.54) is 0 Å². The fourth-order valence-corrected chi connectivity index (χ4v) is 6.76. The summed E-state index contributed by atoms with van der Waals surface area (Å²) in [6, 6.07) is 0. The lowest BCUT2D eigenvalue weighted by Crippen LogP contribution is -2.62. The average Bonchev–Trinajstić information content (AvgIpc) is 2.98. The molecule has 4 aliphatic rings. The van der Waals surface area contributed by atoms with Crippen LogP contribution in [-0.4, -0.2) is 97.3 Å². The van der Waals surface area contributed by atoms with Crippen LogP contribution in [0.2, 0.25) is 0 Å². The van der Waals surface area contributed by atoms with Crippen molar-refractivity contribution < 1.29 is 49.7 Å². The number of rotatable bonds is 5. The van der Waals surface area contributed by atoms with Gasteiger partial charge in [0.1, 0.15) is 35.8 Å². The van der Waals surface area contributed by atoms with Crippen molar-refractivity contribution in [3.63, 3.8) is 0 Å². The van der Waals surface area contributed by atoms with Crippen LogP contribution in [0.25, 0.3) is 0 Å². The molecule has 0 aromatic heterocycles. The number of aliphatic hydroxyl groups excluding tert-OH is 4. The molecule has 0 aromatic carbocycles. The molecular weight excluding hydrogens is 472 g/mol. The molecule has 3 aliphatic carbocycles. The molecule has 0 bridgehead atoms. The van der Waals surface area contributed by atoms with Gasteiger partial charge in [0.15, 0.2) is 12.1 Å². The van der Waals surface area contributed by atoms with Crippen LogP contribution in [0, 0.1) is 29.6 Å². The molecule has 2 fully saturated rings. The quantitative estimate of drug-likeness (QED) is 0.258. The molecule has 11 atom stereocenters. The van der Waals surface area contributed by atoms with E-state index in [0.717, 1.165) is 0 Å². The molecular formula is C26H38O10. The fourth-order valence-electron chi connectivity index (χ4n) is 6.76. The Labute approximate surface area is 210 Å². The van der Waals surface area contributed by atoms with Gasteiger partial charge in [-0.1, -0.05) is 32.9 Å². The van der Waals surface area contributed by atoms with Gasteiger partial charge in [0, 0.05) is 30.6 Å². The lowest BCUT2D eigenvalue weighted by molar-refractivity contribution is -0.299. The summed E-state index contributed by atoms with van der Waals surface area (Å²) in [4.78, 5) is 26.3. The molecule has 1 heterocycles. The molecule has 11 unspecified atom stereocenters. The number of ether oxygens (including phenoxy) is 2. The molecule has 10 heteroatoms. The van der Waals surface area contributed by atoms with Crippen LogP contribution >= 0.6 is 0 Å². The average molecular weight is 511 g/mol. The first-order chi connectivity index (χ1) is 16.8. The highest BCUT2D eigenvalue weighted by atomic mass is 16.7. The number of carbonyl (C=O) groups is 2. The Morgan fingerprint density at radius 3 is 2.39 bits per heavy atom. The molecule has 0 radical (unpaired) electrons. The Balaban J connectivity index is 1.71. The van der Waals surface area contributed by atoms with E-state index in [-0.39, 0.29) is 31.1 Å². The minimum Gasteiger partial charge on any atom is -0.394 e. The van der Waals surface area contributed by atoms with E-state index in [0.29, 0.717) is 11.1 Å². The van der Waals surface area contributed by atoms with Crippen LogP contribution in [0.3, 0.4) is 0 Å². The van der Waals surface area contributed by atoms with Gasteiger partial charge < -0.3 is 40.1 Å². The van der Waals surface area contributed by atoms with Crippen molar-refractivity contribution in [2.24, 2.45) is 29.6 Å². The summed E-state index contributed by atoms with van der Waals surface area (Å²) in [5.74, 6) is -3.28. The van der Waals surface area contributed by atoms with Crippen LogP contribution in [0.4, 0.5) is 0 Å². The van der Waals surface area contributed by atoms with Gasteiger partial charge >= 0.3 is 0 Å². The number of aliphatic hydroxyl groups is 6. The van der Waals surface area contributed by atoms with Crippen LogP contribution in [0.5, 0.6) is 0 Å². The van der Waals surface area contributed by atoms with Gasteiger partial charge in [-0.15, -0.1) is 0 Å².